The van der Waals surface area contributed by atoms with Gasteiger partial charge in [-0.2, -0.15) is 4.31 Å². The zero-order valence-corrected chi connectivity index (χ0v) is 16.6. The van der Waals surface area contributed by atoms with E-state index >= 15 is 0 Å². The van der Waals surface area contributed by atoms with Crippen molar-refractivity contribution in [1.29, 1.82) is 0 Å². The lowest BCUT2D eigenvalue weighted by atomic mass is 9.98. The molecule has 1 aliphatic heterocycles. The topological polar surface area (TPSA) is 84.9 Å². The van der Waals surface area contributed by atoms with Crippen LogP contribution in [0, 0.1) is 5.92 Å². The van der Waals surface area contributed by atoms with Crippen LogP contribution >= 0.6 is 0 Å². The van der Waals surface area contributed by atoms with Crippen molar-refractivity contribution in [3.63, 3.8) is 0 Å². The van der Waals surface area contributed by atoms with Crippen molar-refractivity contribution in [2.75, 3.05) is 27.3 Å². The monoisotopic (exact) mass is 384 g/mol. The zero-order chi connectivity index (χ0) is 19.3. The van der Waals surface area contributed by atoms with Crippen LogP contribution in [0.15, 0.2) is 23.1 Å². The third kappa shape index (κ3) is 4.48. The second kappa shape index (κ2) is 8.73. The van der Waals surface area contributed by atoms with E-state index in [2.05, 4.69) is 5.32 Å². The van der Waals surface area contributed by atoms with Crippen molar-refractivity contribution in [1.82, 2.24) is 9.62 Å². The van der Waals surface area contributed by atoms with E-state index in [0.29, 0.717) is 25.1 Å². The number of methoxy groups -OCH3 is 2. The molecule has 0 saturated carbocycles. The molecule has 1 saturated heterocycles. The molecule has 0 aromatic heterocycles. The first-order chi connectivity index (χ1) is 12.3. The molecule has 1 aromatic carbocycles. The van der Waals surface area contributed by atoms with Crippen LogP contribution in [0.2, 0.25) is 0 Å². The highest BCUT2D eigenvalue weighted by Crippen LogP contribution is 2.32. The molecule has 2 rings (SSSR count). The van der Waals surface area contributed by atoms with Crippen LogP contribution in [0.4, 0.5) is 0 Å². The lowest BCUT2D eigenvalue weighted by molar-refractivity contribution is -0.126. The van der Waals surface area contributed by atoms with E-state index in [0.717, 1.165) is 6.42 Å². The lowest BCUT2D eigenvalue weighted by Crippen LogP contribution is -2.47. The second-order valence-corrected chi connectivity index (χ2v) is 8.44. The second-order valence-electron chi connectivity index (χ2n) is 6.54. The summed E-state index contributed by atoms with van der Waals surface area (Å²) in [6, 6.07) is 4.75. The Hall–Kier alpha value is -1.80. The van der Waals surface area contributed by atoms with Gasteiger partial charge in [-0.05, 0) is 38.3 Å². The molecule has 1 N–H and O–H groups in total. The Morgan fingerprint density at radius 1 is 1.35 bits per heavy atom. The fraction of sp³-hybridized carbons (Fsp3) is 0.611. The van der Waals surface area contributed by atoms with Crippen molar-refractivity contribution in [2.45, 2.75) is 44.0 Å². The van der Waals surface area contributed by atoms with Crippen LogP contribution < -0.4 is 14.8 Å². The molecule has 7 nitrogen and oxygen atoms in total. The minimum absolute atomic E-state index is 0.0577. The average molecular weight is 384 g/mol. The fourth-order valence-electron chi connectivity index (χ4n) is 2.96. The minimum Gasteiger partial charge on any atom is -0.497 e. The predicted molar refractivity (Wildman–Crippen MR) is 98.9 cm³/mol. The van der Waals surface area contributed by atoms with Crippen molar-refractivity contribution < 1.29 is 22.7 Å². The Labute approximate surface area is 155 Å². The minimum atomic E-state index is -3.79. The summed E-state index contributed by atoms with van der Waals surface area (Å²) in [5, 5.41) is 2.95. The summed E-state index contributed by atoms with van der Waals surface area (Å²) in [5.74, 6) is 0.269. The Kier molecular flexibility index (Phi) is 6.88. The van der Waals surface area contributed by atoms with Gasteiger partial charge in [0, 0.05) is 25.2 Å². The maximum atomic E-state index is 13.1. The number of nitrogens with one attached hydrogen (secondary N) is 1. The molecule has 0 unspecified atom stereocenters. The van der Waals surface area contributed by atoms with Gasteiger partial charge in [-0.1, -0.05) is 6.92 Å². The zero-order valence-electron chi connectivity index (χ0n) is 15.8. The highest BCUT2D eigenvalue weighted by Gasteiger charge is 2.35. The van der Waals surface area contributed by atoms with Crippen molar-refractivity contribution in [2.24, 2.45) is 5.92 Å². The summed E-state index contributed by atoms with van der Waals surface area (Å²) >= 11 is 0. The number of piperidine rings is 1. The summed E-state index contributed by atoms with van der Waals surface area (Å²) in [6.45, 7) is 4.49. The third-order valence-electron chi connectivity index (χ3n) is 4.74. The standard InChI is InChI=1S/C18H28N2O5S/c1-5-13(2)19-18(21)14-7-6-10-20(12-14)26(22,23)17-11-15(24-3)8-9-16(17)25-4/h8-9,11,13-14H,5-7,10,12H2,1-4H3,(H,19,21)/t13-,14-/m0/s1. The van der Waals surface area contributed by atoms with Crippen molar-refractivity contribution >= 4 is 15.9 Å². The molecule has 0 aliphatic carbocycles. The molecule has 1 amide bonds. The number of carbonyl (C=O) groups is 1. The van der Waals surface area contributed by atoms with Crippen LogP contribution in [0.25, 0.3) is 0 Å². The molecule has 0 spiro atoms. The molecule has 0 bridgehead atoms. The van der Waals surface area contributed by atoms with E-state index in [1.165, 1.54) is 24.6 Å². The summed E-state index contributed by atoms with van der Waals surface area (Å²) in [4.78, 5) is 12.5. The molecule has 2 atom stereocenters. The number of rotatable bonds is 7. The number of ether oxygens (including phenoxy) is 2. The van der Waals surface area contributed by atoms with E-state index < -0.39 is 10.0 Å². The summed E-state index contributed by atoms with van der Waals surface area (Å²) in [7, 11) is -0.879. The highest BCUT2D eigenvalue weighted by atomic mass is 32.2. The van der Waals surface area contributed by atoms with Crippen LogP contribution in [0.3, 0.4) is 0 Å². The molecule has 1 heterocycles. The molecular formula is C18H28N2O5S. The third-order valence-corrected chi connectivity index (χ3v) is 6.63. The van der Waals surface area contributed by atoms with E-state index in [1.54, 1.807) is 12.1 Å². The quantitative estimate of drug-likeness (QED) is 0.777. The van der Waals surface area contributed by atoms with Gasteiger partial charge in [-0.25, -0.2) is 8.42 Å². The van der Waals surface area contributed by atoms with Crippen LogP contribution in [-0.4, -0.2) is 52.0 Å². The molecule has 26 heavy (non-hydrogen) atoms. The largest absolute Gasteiger partial charge is 0.497 e. The molecule has 0 radical (unpaired) electrons. The SMILES string of the molecule is CC[C@H](C)NC(=O)[C@H]1CCCN(S(=O)(=O)c2cc(OC)ccc2OC)C1. The van der Waals surface area contributed by atoms with Crippen LogP contribution in [0.5, 0.6) is 11.5 Å². The number of hydrogen-bond donors (Lipinski definition) is 1. The summed E-state index contributed by atoms with van der Waals surface area (Å²) in [5.41, 5.74) is 0. The molecule has 146 valence electrons. The summed E-state index contributed by atoms with van der Waals surface area (Å²) < 4.78 is 38.0. The number of sulfonamides is 1. The smallest absolute Gasteiger partial charge is 0.246 e. The lowest BCUT2D eigenvalue weighted by Gasteiger charge is -2.32. The summed E-state index contributed by atoms with van der Waals surface area (Å²) in [6.07, 6.45) is 2.16. The molecule has 1 aliphatic rings. The van der Waals surface area contributed by atoms with Gasteiger partial charge < -0.3 is 14.8 Å². The van der Waals surface area contributed by atoms with Gasteiger partial charge >= 0.3 is 0 Å². The number of hydrogen-bond acceptors (Lipinski definition) is 5. The first-order valence-corrected chi connectivity index (χ1v) is 10.3. The van der Waals surface area contributed by atoms with E-state index in [1.807, 2.05) is 13.8 Å². The molecule has 1 aromatic rings. The van der Waals surface area contributed by atoms with Gasteiger partial charge in [-0.3, -0.25) is 4.79 Å². The van der Waals surface area contributed by atoms with E-state index in [9.17, 15) is 13.2 Å². The van der Waals surface area contributed by atoms with E-state index in [-0.39, 0.29) is 35.1 Å². The maximum absolute atomic E-state index is 13.1. The van der Waals surface area contributed by atoms with Gasteiger partial charge in [-0.15, -0.1) is 0 Å². The Morgan fingerprint density at radius 3 is 2.69 bits per heavy atom. The molecule has 8 heteroatoms. The normalized spacial score (nSPS) is 19.6. The van der Waals surface area contributed by atoms with Crippen molar-refractivity contribution in [3.8, 4) is 11.5 Å². The Bertz CT molecular complexity index is 735. The van der Waals surface area contributed by atoms with Gasteiger partial charge in [0.25, 0.3) is 0 Å². The van der Waals surface area contributed by atoms with Gasteiger partial charge in [0.15, 0.2) is 0 Å². The average Bonchev–Trinajstić information content (AvgIpc) is 2.67. The first kappa shape index (κ1) is 20.5. The maximum Gasteiger partial charge on any atom is 0.246 e. The Balaban J connectivity index is 2.25. The number of carbonyl (C=O) groups excluding carboxylic acids is 1. The van der Waals surface area contributed by atoms with Crippen LogP contribution in [-0.2, 0) is 14.8 Å². The highest BCUT2D eigenvalue weighted by molar-refractivity contribution is 7.89. The predicted octanol–water partition coefficient (Wildman–Crippen LogP) is 2.02. The van der Waals surface area contributed by atoms with Gasteiger partial charge in [0.1, 0.15) is 16.4 Å². The number of nitrogens with zero attached hydrogens (tertiary/aromatic N) is 1. The van der Waals surface area contributed by atoms with E-state index in [4.69, 9.17) is 9.47 Å². The number of amides is 1. The van der Waals surface area contributed by atoms with Crippen molar-refractivity contribution in [3.05, 3.63) is 18.2 Å². The van der Waals surface area contributed by atoms with Gasteiger partial charge in [0.2, 0.25) is 15.9 Å². The first-order valence-electron chi connectivity index (χ1n) is 8.86. The Morgan fingerprint density at radius 2 is 2.08 bits per heavy atom. The fourth-order valence-corrected chi connectivity index (χ4v) is 4.66. The number of benzene rings is 1. The van der Waals surface area contributed by atoms with Crippen LogP contribution in [0.1, 0.15) is 33.1 Å². The molecular weight excluding hydrogens is 356 g/mol. The molecule has 1 fully saturated rings. The van der Waals surface area contributed by atoms with Gasteiger partial charge in [0.05, 0.1) is 20.1 Å².